The molecule has 0 spiro atoms. The SMILES string of the molecule is COCC(C)CNC(=O)N(CC(=O)O)C1CCS(=O)(=O)C1. The number of hydrogen-bond donors (Lipinski definition) is 2. The summed E-state index contributed by atoms with van der Waals surface area (Å²) in [6.45, 7) is 2.18. The lowest BCUT2D eigenvalue weighted by Gasteiger charge is -2.27. The topological polar surface area (TPSA) is 113 Å². The highest BCUT2D eigenvalue weighted by atomic mass is 32.2. The zero-order valence-electron chi connectivity index (χ0n) is 12.2. The molecule has 2 amide bonds. The molecule has 0 aromatic carbocycles. The molecule has 2 unspecified atom stereocenters. The Labute approximate surface area is 124 Å². The van der Waals surface area contributed by atoms with Crippen molar-refractivity contribution in [3.05, 3.63) is 0 Å². The molecule has 0 bridgehead atoms. The first kappa shape index (κ1) is 17.7. The van der Waals surface area contributed by atoms with Gasteiger partial charge in [-0.25, -0.2) is 13.2 Å². The Balaban J connectivity index is 2.65. The molecule has 0 aromatic rings. The summed E-state index contributed by atoms with van der Waals surface area (Å²) in [7, 11) is -1.63. The molecule has 2 N–H and O–H groups in total. The van der Waals surface area contributed by atoms with Gasteiger partial charge in [-0.05, 0) is 12.3 Å². The summed E-state index contributed by atoms with van der Waals surface area (Å²) in [6.07, 6.45) is 0.274. The third-order valence-electron chi connectivity index (χ3n) is 3.27. The van der Waals surface area contributed by atoms with Gasteiger partial charge in [0.25, 0.3) is 0 Å². The van der Waals surface area contributed by atoms with Crippen LogP contribution in [0.15, 0.2) is 0 Å². The summed E-state index contributed by atoms with van der Waals surface area (Å²) in [5, 5.41) is 11.5. The van der Waals surface area contributed by atoms with Crippen LogP contribution < -0.4 is 5.32 Å². The van der Waals surface area contributed by atoms with E-state index in [1.807, 2.05) is 6.92 Å². The maximum Gasteiger partial charge on any atom is 0.323 e. The lowest BCUT2D eigenvalue weighted by molar-refractivity contribution is -0.138. The second-order valence-electron chi connectivity index (χ2n) is 5.33. The predicted octanol–water partition coefficient (Wildman–Crippen LogP) is -0.448. The van der Waals surface area contributed by atoms with Crippen LogP contribution in [0.4, 0.5) is 4.79 Å². The average molecular weight is 322 g/mol. The minimum atomic E-state index is -3.18. The van der Waals surface area contributed by atoms with Crippen LogP contribution in [0.3, 0.4) is 0 Å². The standard InChI is InChI=1S/C12H22N2O6S/c1-9(7-20-2)5-13-12(17)14(6-11(15)16)10-3-4-21(18,19)8-10/h9-10H,3-8H2,1-2H3,(H,13,17)(H,15,16). The molecule has 1 rings (SSSR count). The van der Waals surface area contributed by atoms with Gasteiger partial charge in [-0.15, -0.1) is 0 Å². The third-order valence-corrected chi connectivity index (χ3v) is 5.02. The van der Waals surface area contributed by atoms with Crippen molar-refractivity contribution in [1.82, 2.24) is 10.2 Å². The van der Waals surface area contributed by atoms with Gasteiger partial charge in [0.15, 0.2) is 9.84 Å². The molecule has 122 valence electrons. The van der Waals surface area contributed by atoms with E-state index in [0.717, 1.165) is 4.90 Å². The Morgan fingerprint density at radius 1 is 1.48 bits per heavy atom. The van der Waals surface area contributed by atoms with E-state index >= 15 is 0 Å². The van der Waals surface area contributed by atoms with Gasteiger partial charge in [0.2, 0.25) is 0 Å². The quantitative estimate of drug-likeness (QED) is 0.656. The number of ether oxygens (including phenoxy) is 1. The molecule has 0 saturated carbocycles. The van der Waals surface area contributed by atoms with E-state index in [9.17, 15) is 18.0 Å². The number of carboxylic acids is 1. The van der Waals surface area contributed by atoms with Gasteiger partial charge < -0.3 is 20.1 Å². The zero-order valence-corrected chi connectivity index (χ0v) is 13.1. The summed E-state index contributed by atoms with van der Waals surface area (Å²) in [4.78, 5) is 24.1. The highest BCUT2D eigenvalue weighted by molar-refractivity contribution is 7.91. The van der Waals surface area contributed by atoms with Crippen molar-refractivity contribution in [2.24, 2.45) is 5.92 Å². The maximum atomic E-state index is 12.1. The molecular formula is C12H22N2O6S. The van der Waals surface area contributed by atoms with Gasteiger partial charge in [0.05, 0.1) is 18.1 Å². The van der Waals surface area contributed by atoms with Crippen LogP contribution in [0, 0.1) is 5.92 Å². The van der Waals surface area contributed by atoms with Crippen LogP contribution in [-0.2, 0) is 19.4 Å². The van der Waals surface area contributed by atoms with E-state index in [1.165, 1.54) is 0 Å². The Morgan fingerprint density at radius 2 is 2.14 bits per heavy atom. The van der Waals surface area contributed by atoms with Crippen molar-refractivity contribution in [3.63, 3.8) is 0 Å². The van der Waals surface area contributed by atoms with Crippen LogP contribution in [0.25, 0.3) is 0 Å². The molecule has 1 aliphatic rings. The molecule has 0 aliphatic carbocycles. The molecule has 21 heavy (non-hydrogen) atoms. The monoisotopic (exact) mass is 322 g/mol. The van der Waals surface area contributed by atoms with E-state index < -0.39 is 34.4 Å². The summed E-state index contributed by atoms with van der Waals surface area (Å²) in [5.41, 5.74) is 0. The molecule has 0 aromatic heterocycles. The molecule has 1 aliphatic heterocycles. The van der Waals surface area contributed by atoms with Gasteiger partial charge in [-0.2, -0.15) is 0 Å². The number of hydrogen-bond acceptors (Lipinski definition) is 5. The molecule has 9 heteroatoms. The number of aliphatic carboxylic acids is 1. The smallest absolute Gasteiger partial charge is 0.323 e. The molecular weight excluding hydrogens is 300 g/mol. The molecule has 0 radical (unpaired) electrons. The van der Waals surface area contributed by atoms with Crippen LogP contribution in [0.5, 0.6) is 0 Å². The van der Waals surface area contributed by atoms with Crippen LogP contribution in [0.2, 0.25) is 0 Å². The van der Waals surface area contributed by atoms with Crippen LogP contribution >= 0.6 is 0 Å². The molecule has 8 nitrogen and oxygen atoms in total. The summed E-state index contributed by atoms with van der Waals surface area (Å²) in [5.74, 6) is -1.28. The molecule has 1 saturated heterocycles. The van der Waals surface area contributed by atoms with E-state index in [0.29, 0.717) is 13.2 Å². The van der Waals surface area contributed by atoms with Crippen molar-refractivity contribution < 1.29 is 27.9 Å². The lowest BCUT2D eigenvalue weighted by Crippen LogP contribution is -2.50. The van der Waals surface area contributed by atoms with E-state index in [4.69, 9.17) is 9.84 Å². The van der Waals surface area contributed by atoms with E-state index in [-0.39, 0.29) is 23.8 Å². The first-order valence-corrected chi connectivity index (χ1v) is 8.53. The van der Waals surface area contributed by atoms with E-state index in [2.05, 4.69) is 5.32 Å². The minimum absolute atomic E-state index is 0.0128. The number of methoxy groups -OCH3 is 1. The second-order valence-corrected chi connectivity index (χ2v) is 7.55. The van der Waals surface area contributed by atoms with Crippen molar-refractivity contribution in [2.45, 2.75) is 19.4 Å². The third kappa shape index (κ3) is 5.88. The Morgan fingerprint density at radius 3 is 2.62 bits per heavy atom. The Bertz CT molecular complexity index is 478. The van der Waals surface area contributed by atoms with Crippen molar-refractivity contribution in [2.75, 3.05) is 38.3 Å². The fraction of sp³-hybridized carbons (Fsp3) is 0.833. The van der Waals surface area contributed by atoms with Crippen LogP contribution in [0.1, 0.15) is 13.3 Å². The number of urea groups is 1. The Hall–Kier alpha value is -1.35. The number of amides is 2. The van der Waals surface area contributed by atoms with Crippen LogP contribution in [-0.4, -0.2) is 74.8 Å². The molecule has 1 heterocycles. The second kappa shape index (κ2) is 7.60. The summed E-state index contributed by atoms with van der Waals surface area (Å²) < 4.78 is 27.9. The fourth-order valence-corrected chi connectivity index (χ4v) is 3.97. The van der Waals surface area contributed by atoms with Crippen molar-refractivity contribution in [3.8, 4) is 0 Å². The van der Waals surface area contributed by atoms with Crippen molar-refractivity contribution >= 4 is 21.8 Å². The normalized spacial score (nSPS) is 21.7. The summed E-state index contributed by atoms with van der Waals surface area (Å²) >= 11 is 0. The van der Waals surface area contributed by atoms with E-state index in [1.54, 1.807) is 7.11 Å². The van der Waals surface area contributed by atoms with Gasteiger partial charge in [0.1, 0.15) is 6.54 Å². The first-order valence-electron chi connectivity index (χ1n) is 6.70. The number of rotatable bonds is 7. The van der Waals surface area contributed by atoms with Gasteiger partial charge in [-0.1, -0.05) is 6.92 Å². The lowest BCUT2D eigenvalue weighted by atomic mass is 10.2. The predicted molar refractivity (Wildman–Crippen MR) is 75.8 cm³/mol. The minimum Gasteiger partial charge on any atom is -0.480 e. The molecule has 2 atom stereocenters. The number of sulfone groups is 1. The zero-order chi connectivity index (χ0) is 16.0. The Kier molecular flexibility index (Phi) is 6.41. The number of carboxylic acid groups (broad SMARTS) is 1. The van der Waals surface area contributed by atoms with Gasteiger partial charge in [0, 0.05) is 19.7 Å². The molecule has 1 fully saturated rings. The highest BCUT2D eigenvalue weighted by Crippen LogP contribution is 2.17. The number of carbonyl (C=O) groups excluding carboxylic acids is 1. The first-order chi connectivity index (χ1) is 9.75. The maximum absolute atomic E-state index is 12.1. The van der Waals surface area contributed by atoms with Crippen molar-refractivity contribution in [1.29, 1.82) is 0 Å². The van der Waals surface area contributed by atoms with Gasteiger partial charge in [-0.3, -0.25) is 4.79 Å². The largest absolute Gasteiger partial charge is 0.480 e. The number of carbonyl (C=O) groups is 2. The summed E-state index contributed by atoms with van der Waals surface area (Å²) in [6, 6.07) is -1.13. The number of nitrogens with one attached hydrogen (secondary N) is 1. The van der Waals surface area contributed by atoms with Gasteiger partial charge >= 0.3 is 12.0 Å². The fourth-order valence-electron chi connectivity index (χ4n) is 2.24. The highest BCUT2D eigenvalue weighted by Gasteiger charge is 2.35. The average Bonchev–Trinajstić information content (AvgIpc) is 2.73. The number of nitrogens with zero attached hydrogens (tertiary/aromatic N) is 1.